The summed E-state index contributed by atoms with van der Waals surface area (Å²) in [5.74, 6) is 0. The van der Waals surface area contributed by atoms with Gasteiger partial charge in [0.2, 0.25) is 0 Å². The molecule has 1 aliphatic carbocycles. The predicted octanol–water partition coefficient (Wildman–Crippen LogP) is 3.35. The second-order valence-electron chi connectivity index (χ2n) is 3.58. The third kappa shape index (κ3) is 9.96. The third-order valence-corrected chi connectivity index (χ3v) is 2.28. The average molecular weight is 171 g/mol. The Hall–Kier alpha value is -0.0400. The Morgan fingerprint density at radius 3 is 1.75 bits per heavy atom. The van der Waals surface area contributed by atoms with E-state index in [0.717, 1.165) is 0 Å². The molecule has 0 aromatic heterocycles. The first kappa shape index (κ1) is 12.0. The van der Waals surface area contributed by atoms with Crippen molar-refractivity contribution in [1.82, 2.24) is 5.32 Å². The molecule has 0 unspecified atom stereocenters. The lowest BCUT2D eigenvalue weighted by atomic mass is 10.2. The minimum atomic E-state index is 1.17. The summed E-state index contributed by atoms with van der Waals surface area (Å²) in [7, 11) is 2.00. The molecule has 12 heavy (non-hydrogen) atoms. The van der Waals surface area contributed by atoms with Crippen LogP contribution in [-0.4, -0.2) is 13.6 Å². The van der Waals surface area contributed by atoms with E-state index in [9.17, 15) is 0 Å². The van der Waals surface area contributed by atoms with Crippen molar-refractivity contribution in [1.29, 1.82) is 0 Å². The molecule has 1 heteroatoms. The van der Waals surface area contributed by atoms with Gasteiger partial charge in [-0.3, -0.25) is 0 Å². The number of hydrogen-bond donors (Lipinski definition) is 1. The molecule has 1 nitrogen and oxygen atoms in total. The third-order valence-electron chi connectivity index (χ3n) is 2.28. The van der Waals surface area contributed by atoms with Crippen LogP contribution >= 0.6 is 0 Å². The van der Waals surface area contributed by atoms with Crippen molar-refractivity contribution in [2.45, 2.75) is 58.3 Å². The van der Waals surface area contributed by atoms with Crippen molar-refractivity contribution in [3.63, 3.8) is 0 Å². The second-order valence-corrected chi connectivity index (χ2v) is 3.58. The van der Waals surface area contributed by atoms with Crippen LogP contribution in [-0.2, 0) is 0 Å². The lowest BCUT2D eigenvalue weighted by molar-refractivity contribution is 0.667. The van der Waals surface area contributed by atoms with E-state index >= 15 is 0 Å². The predicted molar refractivity (Wildman–Crippen MR) is 56.5 cm³/mol. The van der Waals surface area contributed by atoms with Crippen LogP contribution in [0, 0.1) is 0 Å². The minimum Gasteiger partial charge on any atom is -0.320 e. The van der Waals surface area contributed by atoms with Gasteiger partial charge in [-0.1, -0.05) is 51.9 Å². The summed E-state index contributed by atoms with van der Waals surface area (Å²) in [6, 6.07) is 0. The Kier molecular flexibility index (Phi) is 10.9. The van der Waals surface area contributed by atoms with Crippen LogP contribution < -0.4 is 5.32 Å². The zero-order chi connectivity index (χ0) is 9.07. The molecule has 1 aliphatic rings. The molecule has 0 amide bonds. The first-order valence-corrected chi connectivity index (χ1v) is 5.56. The maximum absolute atomic E-state index is 3.10. The van der Waals surface area contributed by atoms with Gasteiger partial charge in [-0.15, -0.1) is 0 Å². The Bertz CT molecular complexity index is 55.8. The molecule has 0 aromatic rings. The van der Waals surface area contributed by atoms with Crippen molar-refractivity contribution in [2.24, 2.45) is 0 Å². The van der Waals surface area contributed by atoms with Gasteiger partial charge in [0.15, 0.2) is 0 Å². The smallest absolute Gasteiger partial charge is 0.00519 e. The SMILES string of the molecule is C1CCCC1.CCCCCNC. The summed E-state index contributed by atoms with van der Waals surface area (Å²) < 4.78 is 0. The molecule has 0 aliphatic heterocycles. The van der Waals surface area contributed by atoms with Gasteiger partial charge < -0.3 is 5.32 Å². The first-order chi connectivity index (χ1) is 5.91. The molecule has 74 valence electrons. The molecule has 0 saturated heterocycles. The van der Waals surface area contributed by atoms with Crippen LogP contribution in [0.5, 0.6) is 0 Å². The lowest BCUT2D eigenvalue weighted by Crippen LogP contribution is -2.06. The number of unbranched alkanes of at least 4 members (excludes halogenated alkanes) is 2. The van der Waals surface area contributed by atoms with E-state index in [1.165, 1.54) is 57.9 Å². The maximum atomic E-state index is 3.10. The Morgan fingerprint density at radius 1 is 0.917 bits per heavy atom. The molecular weight excluding hydrogens is 146 g/mol. The van der Waals surface area contributed by atoms with Gasteiger partial charge in [0.05, 0.1) is 0 Å². The monoisotopic (exact) mass is 171 g/mol. The van der Waals surface area contributed by atoms with Crippen molar-refractivity contribution in [3.05, 3.63) is 0 Å². The molecule has 1 N–H and O–H groups in total. The Labute approximate surface area is 77.9 Å². The van der Waals surface area contributed by atoms with Gasteiger partial charge in [-0.2, -0.15) is 0 Å². The highest BCUT2D eigenvalue weighted by atomic mass is 14.8. The van der Waals surface area contributed by atoms with Crippen molar-refractivity contribution in [2.75, 3.05) is 13.6 Å². The normalized spacial score (nSPS) is 15.5. The molecule has 0 spiro atoms. The van der Waals surface area contributed by atoms with Crippen molar-refractivity contribution < 1.29 is 0 Å². The van der Waals surface area contributed by atoms with Crippen molar-refractivity contribution in [3.8, 4) is 0 Å². The zero-order valence-corrected chi connectivity index (χ0v) is 8.86. The van der Waals surface area contributed by atoms with Gasteiger partial charge in [0.1, 0.15) is 0 Å². The summed E-state index contributed by atoms with van der Waals surface area (Å²) >= 11 is 0. The fourth-order valence-corrected chi connectivity index (χ4v) is 1.44. The fourth-order valence-electron chi connectivity index (χ4n) is 1.44. The number of nitrogens with one attached hydrogen (secondary N) is 1. The molecule has 0 atom stereocenters. The topological polar surface area (TPSA) is 12.0 Å². The van der Waals surface area contributed by atoms with E-state index in [4.69, 9.17) is 0 Å². The quantitative estimate of drug-likeness (QED) is 0.640. The van der Waals surface area contributed by atoms with Gasteiger partial charge >= 0.3 is 0 Å². The van der Waals surface area contributed by atoms with E-state index in [0.29, 0.717) is 0 Å². The second kappa shape index (κ2) is 11.0. The molecule has 0 radical (unpaired) electrons. The highest BCUT2D eigenvalue weighted by Gasteiger charge is 1.95. The van der Waals surface area contributed by atoms with E-state index in [-0.39, 0.29) is 0 Å². The highest BCUT2D eigenvalue weighted by Crippen LogP contribution is 2.15. The van der Waals surface area contributed by atoms with Crippen LogP contribution in [0.3, 0.4) is 0 Å². The van der Waals surface area contributed by atoms with Crippen LogP contribution in [0.15, 0.2) is 0 Å². The molecule has 1 fully saturated rings. The zero-order valence-electron chi connectivity index (χ0n) is 8.86. The van der Waals surface area contributed by atoms with E-state index < -0.39 is 0 Å². The number of rotatable bonds is 4. The van der Waals surface area contributed by atoms with E-state index in [2.05, 4.69) is 12.2 Å². The Balaban J connectivity index is 0.000000211. The fraction of sp³-hybridized carbons (Fsp3) is 1.00. The summed E-state index contributed by atoms with van der Waals surface area (Å²) in [6.45, 7) is 3.39. The summed E-state index contributed by atoms with van der Waals surface area (Å²) in [5.41, 5.74) is 0. The summed E-state index contributed by atoms with van der Waals surface area (Å²) in [6.07, 6.45) is 11.5. The van der Waals surface area contributed by atoms with Crippen LogP contribution in [0.1, 0.15) is 58.3 Å². The minimum absolute atomic E-state index is 1.17. The Morgan fingerprint density at radius 2 is 1.42 bits per heavy atom. The van der Waals surface area contributed by atoms with Crippen LogP contribution in [0.2, 0.25) is 0 Å². The molecule has 0 bridgehead atoms. The van der Waals surface area contributed by atoms with Gasteiger partial charge in [0, 0.05) is 0 Å². The standard InChI is InChI=1S/C6H15N.C5H10/c1-3-4-5-6-7-2;1-2-4-5-3-1/h7H,3-6H2,1-2H3;1-5H2. The largest absolute Gasteiger partial charge is 0.320 e. The summed E-state index contributed by atoms with van der Waals surface area (Å²) in [5, 5.41) is 3.10. The van der Waals surface area contributed by atoms with E-state index in [1.807, 2.05) is 7.05 Å². The number of hydrogen-bond acceptors (Lipinski definition) is 1. The molecule has 1 rings (SSSR count). The molecule has 1 saturated carbocycles. The van der Waals surface area contributed by atoms with Gasteiger partial charge in [-0.05, 0) is 20.0 Å². The average Bonchev–Trinajstić information content (AvgIpc) is 2.62. The van der Waals surface area contributed by atoms with E-state index in [1.54, 1.807) is 0 Å². The highest BCUT2D eigenvalue weighted by molar-refractivity contribution is 4.51. The molecule has 0 aromatic carbocycles. The molecular formula is C11H25N. The van der Waals surface area contributed by atoms with Crippen LogP contribution in [0.4, 0.5) is 0 Å². The molecule has 0 heterocycles. The van der Waals surface area contributed by atoms with Gasteiger partial charge in [0.25, 0.3) is 0 Å². The van der Waals surface area contributed by atoms with Crippen LogP contribution in [0.25, 0.3) is 0 Å². The van der Waals surface area contributed by atoms with Crippen molar-refractivity contribution >= 4 is 0 Å². The van der Waals surface area contributed by atoms with Gasteiger partial charge in [-0.25, -0.2) is 0 Å². The first-order valence-electron chi connectivity index (χ1n) is 5.56. The summed E-state index contributed by atoms with van der Waals surface area (Å²) in [4.78, 5) is 0. The maximum Gasteiger partial charge on any atom is -0.00519 e. The lowest BCUT2D eigenvalue weighted by Gasteiger charge is -1.93.